The molecule has 0 amide bonds. The summed E-state index contributed by atoms with van der Waals surface area (Å²) in [5, 5.41) is 6.48. The molecule has 0 aromatic heterocycles. The molecule has 0 aliphatic rings. The van der Waals surface area contributed by atoms with E-state index in [1.54, 1.807) is 0 Å². The summed E-state index contributed by atoms with van der Waals surface area (Å²) in [4.78, 5) is 10.0. The third-order valence-electron chi connectivity index (χ3n) is 1.01. The second kappa shape index (κ2) is 4.91. The molecule has 0 heterocycles. The van der Waals surface area contributed by atoms with Crippen LogP contribution in [-0.4, -0.2) is 52.3 Å². The lowest BCUT2D eigenvalue weighted by Crippen LogP contribution is -2.28. The molecule has 0 aromatic rings. The second-order valence-corrected chi connectivity index (χ2v) is 3.35. The van der Waals surface area contributed by atoms with E-state index in [1.807, 2.05) is 0 Å². The van der Waals surface area contributed by atoms with Crippen molar-refractivity contribution in [1.29, 1.82) is 0 Å². The highest BCUT2D eigenvalue weighted by Crippen LogP contribution is 2.02. The Kier molecular flexibility index (Phi) is 6.12. The minimum absolute atomic E-state index is 0. The van der Waals surface area contributed by atoms with Crippen molar-refractivity contribution in [3.8, 4) is 0 Å². The lowest BCUT2D eigenvalue weighted by molar-refractivity contribution is -0.136. The number of hydrogen-bond donors (Lipinski definition) is 2. The summed E-state index contributed by atoms with van der Waals surface area (Å²) in [6.45, 7) is 1.37. The minimum atomic E-state index is -4.41. The quantitative estimate of drug-likeness (QED) is 0.436. The van der Waals surface area contributed by atoms with E-state index in [0.29, 0.717) is 0 Å². The molecule has 0 saturated heterocycles. The summed E-state index contributed by atoms with van der Waals surface area (Å²) >= 11 is 0. The van der Waals surface area contributed by atoms with Gasteiger partial charge >= 0.3 is 29.0 Å². The minimum Gasteiger partial charge on any atom is -0.480 e. The molecule has 0 fully saturated rings. The van der Waals surface area contributed by atoms with E-state index in [-0.39, 0.29) is 29.5 Å². The van der Waals surface area contributed by atoms with Crippen LogP contribution in [0.3, 0.4) is 0 Å². The van der Waals surface area contributed by atoms with Gasteiger partial charge in [0, 0.05) is 0 Å². The van der Waals surface area contributed by atoms with Crippen LogP contribution in [0.4, 0.5) is 0 Å². The van der Waals surface area contributed by atoms with Gasteiger partial charge in [-0.25, -0.2) is 0 Å². The first-order valence-electron chi connectivity index (χ1n) is 2.58. The molecule has 0 radical (unpaired) electrons. The number of hydrogen-bond acceptors (Lipinski definition) is 3. The highest BCUT2D eigenvalue weighted by atomic mass is 32.2. The van der Waals surface area contributed by atoms with Gasteiger partial charge in [-0.15, -0.1) is 0 Å². The smallest absolute Gasteiger partial charge is 0.324 e. The Hall–Kier alpha value is 0.146. The molecule has 2 N–H and O–H groups in total. The van der Waals surface area contributed by atoms with Crippen LogP contribution in [0.15, 0.2) is 0 Å². The Morgan fingerprint density at radius 2 is 1.91 bits per heavy atom. The number of carboxylic acid groups (broad SMARTS) is 1. The Balaban J connectivity index is 0. The highest BCUT2D eigenvalue weighted by Gasteiger charge is 2.28. The van der Waals surface area contributed by atoms with Crippen molar-refractivity contribution in [2.24, 2.45) is 0 Å². The third-order valence-corrected chi connectivity index (χ3v) is 2.26. The van der Waals surface area contributed by atoms with Gasteiger partial charge in [-0.2, -0.15) is 8.42 Å². The van der Waals surface area contributed by atoms with Gasteiger partial charge in [0.05, 0.1) is 0 Å². The van der Waals surface area contributed by atoms with Crippen LogP contribution >= 0.6 is 0 Å². The van der Waals surface area contributed by atoms with Crippen molar-refractivity contribution in [2.75, 3.05) is 0 Å². The fraction of sp³-hybridized carbons (Fsp3) is 0.750. The lowest BCUT2D eigenvalue weighted by atomic mass is 10.3. The molecule has 1 unspecified atom stereocenters. The molecule has 0 saturated carbocycles. The van der Waals surface area contributed by atoms with Gasteiger partial charge in [0.25, 0.3) is 10.1 Å². The van der Waals surface area contributed by atoms with Gasteiger partial charge in [0.15, 0.2) is 5.25 Å². The fourth-order valence-electron chi connectivity index (χ4n) is 0.513. The van der Waals surface area contributed by atoms with Crippen LogP contribution in [0.25, 0.3) is 0 Å². The summed E-state index contributed by atoms with van der Waals surface area (Å²) < 4.78 is 28.6. The van der Waals surface area contributed by atoms with Crippen molar-refractivity contribution in [3.63, 3.8) is 0 Å². The van der Waals surface area contributed by atoms with Crippen LogP contribution in [-0.2, 0) is 14.9 Å². The molecule has 11 heavy (non-hydrogen) atoms. The average molecular weight is 194 g/mol. The van der Waals surface area contributed by atoms with Crippen LogP contribution in [0.2, 0.25) is 0 Å². The van der Waals surface area contributed by atoms with E-state index >= 15 is 0 Å². The van der Waals surface area contributed by atoms with Crippen LogP contribution < -0.4 is 0 Å². The molecule has 1 atom stereocenters. The molecule has 64 valence electrons. The average Bonchev–Trinajstić information content (AvgIpc) is 1.60. The van der Waals surface area contributed by atoms with E-state index in [0.717, 1.165) is 0 Å². The SMILES string of the molecule is CCC(C(=O)O)S(=O)(=O)O.[MgH2]. The zero-order chi connectivity index (χ0) is 8.36. The van der Waals surface area contributed by atoms with E-state index in [2.05, 4.69) is 0 Å². The Morgan fingerprint density at radius 1 is 1.55 bits per heavy atom. The fourth-order valence-corrected chi connectivity index (χ4v) is 1.19. The zero-order valence-electron chi connectivity index (χ0n) is 5.31. The molecule has 0 spiro atoms. The largest absolute Gasteiger partial charge is 0.480 e. The summed E-state index contributed by atoms with van der Waals surface area (Å²) in [7, 11) is -4.41. The molecule has 5 nitrogen and oxygen atoms in total. The third kappa shape index (κ3) is 4.56. The monoisotopic (exact) mass is 194 g/mol. The van der Waals surface area contributed by atoms with Crippen molar-refractivity contribution < 1.29 is 22.9 Å². The van der Waals surface area contributed by atoms with Crippen molar-refractivity contribution in [3.05, 3.63) is 0 Å². The molecule has 0 aliphatic carbocycles. The molecule has 0 aliphatic heterocycles. The van der Waals surface area contributed by atoms with Crippen LogP contribution in [0.5, 0.6) is 0 Å². The van der Waals surface area contributed by atoms with Gasteiger partial charge in [-0.05, 0) is 6.42 Å². The predicted octanol–water partition coefficient (Wildman–Crippen LogP) is -1.18. The topological polar surface area (TPSA) is 91.7 Å². The first-order valence-corrected chi connectivity index (χ1v) is 4.09. The first-order chi connectivity index (χ1) is 4.39. The van der Waals surface area contributed by atoms with Gasteiger partial charge in [-0.1, -0.05) is 6.92 Å². The highest BCUT2D eigenvalue weighted by molar-refractivity contribution is 7.87. The van der Waals surface area contributed by atoms with Gasteiger partial charge in [-0.3, -0.25) is 9.35 Å². The maximum atomic E-state index is 10.2. The van der Waals surface area contributed by atoms with Crippen molar-refractivity contribution >= 4 is 39.1 Å². The molecular formula is C4H10MgO5S. The number of carbonyl (C=O) groups is 1. The Morgan fingerprint density at radius 3 is 1.91 bits per heavy atom. The van der Waals surface area contributed by atoms with Crippen LogP contribution in [0, 0.1) is 0 Å². The Bertz CT molecular complexity index is 221. The van der Waals surface area contributed by atoms with E-state index in [1.165, 1.54) is 6.92 Å². The second-order valence-electron chi connectivity index (χ2n) is 1.75. The van der Waals surface area contributed by atoms with E-state index in [9.17, 15) is 13.2 Å². The van der Waals surface area contributed by atoms with Crippen molar-refractivity contribution in [1.82, 2.24) is 0 Å². The maximum Gasteiger partial charge on any atom is 0.324 e. The normalized spacial score (nSPS) is 13.3. The molecular weight excluding hydrogens is 184 g/mol. The summed E-state index contributed by atoms with van der Waals surface area (Å²) in [5.41, 5.74) is 0. The van der Waals surface area contributed by atoms with E-state index in [4.69, 9.17) is 9.66 Å². The predicted molar refractivity (Wildman–Crippen MR) is 41.8 cm³/mol. The Labute approximate surface area is 80.7 Å². The zero-order valence-corrected chi connectivity index (χ0v) is 6.13. The molecule has 0 rings (SSSR count). The van der Waals surface area contributed by atoms with Crippen molar-refractivity contribution in [2.45, 2.75) is 18.6 Å². The standard InChI is InChI=1S/C4H8O5S.Mg.2H/c1-2-3(4(5)6)10(7,8)9;;;/h3H,2H2,1H3,(H,5,6)(H,7,8,9);;;. The summed E-state index contributed by atoms with van der Waals surface area (Å²) in [6.07, 6.45) is -0.131. The molecule has 0 bridgehead atoms. The molecule has 0 aromatic carbocycles. The first kappa shape index (κ1) is 13.7. The number of rotatable bonds is 3. The molecule has 7 heteroatoms. The number of aliphatic carboxylic acids is 1. The van der Waals surface area contributed by atoms with Gasteiger partial charge < -0.3 is 5.11 Å². The summed E-state index contributed by atoms with van der Waals surface area (Å²) in [5.74, 6) is -1.52. The maximum absolute atomic E-state index is 10.2. The summed E-state index contributed by atoms with van der Waals surface area (Å²) in [6, 6.07) is 0. The van der Waals surface area contributed by atoms with Gasteiger partial charge in [0.1, 0.15) is 0 Å². The van der Waals surface area contributed by atoms with Gasteiger partial charge in [0.2, 0.25) is 0 Å². The number of carboxylic acids is 1. The van der Waals surface area contributed by atoms with Crippen LogP contribution in [0.1, 0.15) is 13.3 Å². The lowest BCUT2D eigenvalue weighted by Gasteiger charge is -2.03. The van der Waals surface area contributed by atoms with E-state index < -0.39 is 21.3 Å².